The third kappa shape index (κ3) is 4.63. The standard InChI is InChI=1S/C19H23N5O5S/c1-27-14-6-7-15(19(29-3)18(14)28-2)30(25,26)21-11-10-20-16-8-9-17(23-22-16)24-12-4-5-13-24/h4-9,12-13,21H,10-11H2,1-3H3,(H,20,22). The normalized spacial score (nSPS) is 11.2. The van der Waals surface area contributed by atoms with E-state index in [1.807, 2.05) is 35.2 Å². The molecule has 0 atom stereocenters. The second kappa shape index (κ2) is 9.46. The Bertz CT molecular complexity index is 1070. The van der Waals surface area contributed by atoms with Crippen molar-refractivity contribution in [1.29, 1.82) is 0 Å². The van der Waals surface area contributed by atoms with Crippen LogP contribution in [0.3, 0.4) is 0 Å². The van der Waals surface area contributed by atoms with Crippen LogP contribution in [0.5, 0.6) is 17.2 Å². The molecule has 160 valence electrons. The van der Waals surface area contributed by atoms with E-state index in [1.165, 1.54) is 33.5 Å². The molecule has 30 heavy (non-hydrogen) atoms. The van der Waals surface area contributed by atoms with Gasteiger partial charge in [0.1, 0.15) is 10.7 Å². The van der Waals surface area contributed by atoms with Crippen molar-refractivity contribution in [3.05, 3.63) is 48.8 Å². The molecule has 0 aliphatic rings. The highest BCUT2D eigenvalue weighted by Gasteiger charge is 2.25. The minimum Gasteiger partial charge on any atom is -0.493 e. The third-order valence-electron chi connectivity index (χ3n) is 4.20. The number of nitrogens with one attached hydrogen (secondary N) is 2. The van der Waals surface area contributed by atoms with E-state index in [2.05, 4.69) is 20.2 Å². The quantitative estimate of drug-likeness (QED) is 0.464. The fraction of sp³-hybridized carbons (Fsp3) is 0.263. The molecule has 0 amide bonds. The maximum atomic E-state index is 12.7. The fourth-order valence-corrected chi connectivity index (χ4v) is 3.98. The number of benzene rings is 1. The Hall–Kier alpha value is -3.31. The molecule has 2 N–H and O–H groups in total. The Morgan fingerprint density at radius 1 is 0.900 bits per heavy atom. The summed E-state index contributed by atoms with van der Waals surface area (Å²) in [7, 11) is 0.403. The van der Waals surface area contributed by atoms with E-state index >= 15 is 0 Å². The summed E-state index contributed by atoms with van der Waals surface area (Å²) in [5, 5.41) is 11.2. The molecule has 3 rings (SSSR count). The van der Waals surface area contributed by atoms with E-state index in [9.17, 15) is 8.42 Å². The van der Waals surface area contributed by atoms with Gasteiger partial charge in [0.2, 0.25) is 15.8 Å². The van der Waals surface area contributed by atoms with Gasteiger partial charge in [-0.05, 0) is 36.4 Å². The van der Waals surface area contributed by atoms with Crippen LogP contribution in [0.1, 0.15) is 0 Å². The first-order chi connectivity index (χ1) is 14.5. The molecule has 0 aliphatic carbocycles. The van der Waals surface area contributed by atoms with Gasteiger partial charge in [-0.3, -0.25) is 0 Å². The van der Waals surface area contributed by atoms with Crippen LogP contribution in [0.2, 0.25) is 0 Å². The number of ether oxygens (including phenoxy) is 3. The summed E-state index contributed by atoms with van der Waals surface area (Å²) in [5.74, 6) is 1.88. The number of rotatable bonds is 10. The minimum absolute atomic E-state index is 0.0430. The molecule has 0 unspecified atom stereocenters. The van der Waals surface area contributed by atoms with Crippen LogP contribution in [-0.4, -0.2) is 57.6 Å². The monoisotopic (exact) mass is 433 g/mol. The van der Waals surface area contributed by atoms with Gasteiger partial charge in [-0.2, -0.15) is 0 Å². The molecular weight excluding hydrogens is 410 g/mol. The van der Waals surface area contributed by atoms with Crippen molar-refractivity contribution < 1.29 is 22.6 Å². The Kier molecular flexibility index (Phi) is 6.75. The molecule has 0 saturated carbocycles. The molecule has 0 aliphatic heterocycles. The van der Waals surface area contributed by atoms with Gasteiger partial charge < -0.3 is 24.1 Å². The van der Waals surface area contributed by atoms with Gasteiger partial charge in [0.15, 0.2) is 17.3 Å². The molecular formula is C19H23N5O5S. The topological polar surface area (TPSA) is 117 Å². The first-order valence-corrected chi connectivity index (χ1v) is 10.5. The summed E-state index contributed by atoms with van der Waals surface area (Å²) in [6.07, 6.45) is 3.74. The van der Waals surface area contributed by atoms with Gasteiger partial charge in [-0.25, -0.2) is 13.1 Å². The number of nitrogens with zero attached hydrogens (tertiary/aromatic N) is 3. The van der Waals surface area contributed by atoms with Crippen LogP contribution in [0.25, 0.3) is 5.82 Å². The van der Waals surface area contributed by atoms with Crippen molar-refractivity contribution in [2.75, 3.05) is 39.7 Å². The molecule has 0 saturated heterocycles. The highest BCUT2D eigenvalue weighted by atomic mass is 32.2. The lowest BCUT2D eigenvalue weighted by molar-refractivity contribution is 0.318. The van der Waals surface area contributed by atoms with Crippen LogP contribution >= 0.6 is 0 Å². The number of methoxy groups -OCH3 is 3. The van der Waals surface area contributed by atoms with Gasteiger partial charge in [0.05, 0.1) is 21.3 Å². The van der Waals surface area contributed by atoms with Gasteiger partial charge in [-0.15, -0.1) is 10.2 Å². The van der Waals surface area contributed by atoms with E-state index in [0.717, 1.165) is 0 Å². The lowest BCUT2D eigenvalue weighted by Gasteiger charge is -2.16. The van der Waals surface area contributed by atoms with Crippen molar-refractivity contribution in [2.45, 2.75) is 4.90 Å². The highest BCUT2D eigenvalue weighted by molar-refractivity contribution is 7.89. The summed E-state index contributed by atoms with van der Waals surface area (Å²) in [6.45, 7) is 0.438. The van der Waals surface area contributed by atoms with Gasteiger partial charge >= 0.3 is 0 Å². The zero-order chi connectivity index (χ0) is 21.6. The maximum Gasteiger partial charge on any atom is 0.244 e. The van der Waals surface area contributed by atoms with E-state index < -0.39 is 10.0 Å². The van der Waals surface area contributed by atoms with Crippen molar-refractivity contribution in [3.8, 4) is 23.1 Å². The Balaban J connectivity index is 1.62. The number of aromatic nitrogens is 3. The summed E-state index contributed by atoms with van der Waals surface area (Å²) < 4.78 is 45.5. The van der Waals surface area contributed by atoms with E-state index in [0.29, 0.717) is 23.9 Å². The van der Waals surface area contributed by atoms with Crippen molar-refractivity contribution >= 4 is 15.8 Å². The fourth-order valence-electron chi connectivity index (χ4n) is 2.78. The highest BCUT2D eigenvalue weighted by Crippen LogP contribution is 2.41. The lowest BCUT2D eigenvalue weighted by atomic mass is 10.3. The maximum absolute atomic E-state index is 12.7. The molecule has 3 aromatic rings. The Morgan fingerprint density at radius 3 is 2.23 bits per heavy atom. The molecule has 0 spiro atoms. The summed E-state index contributed by atoms with van der Waals surface area (Å²) in [4.78, 5) is -0.0430. The number of hydrogen-bond acceptors (Lipinski definition) is 8. The molecule has 0 bridgehead atoms. The van der Waals surface area contributed by atoms with Crippen LogP contribution < -0.4 is 24.2 Å². The van der Waals surface area contributed by atoms with Crippen LogP contribution in [0, 0.1) is 0 Å². The van der Waals surface area contributed by atoms with Crippen LogP contribution in [-0.2, 0) is 10.0 Å². The predicted molar refractivity (Wildman–Crippen MR) is 111 cm³/mol. The molecule has 2 heterocycles. The molecule has 1 aromatic carbocycles. The van der Waals surface area contributed by atoms with Gasteiger partial charge in [0, 0.05) is 25.5 Å². The zero-order valence-electron chi connectivity index (χ0n) is 16.8. The second-order valence-electron chi connectivity index (χ2n) is 6.02. The Labute approximate surface area is 174 Å². The Morgan fingerprint density at radius 2 is 1.63 bits per heavy atom. The number of sulfonamides is 1. The molecule has 2 aromatic heterocycles. The summed E-state index contributed by atoms with van der Waals surface area (Å²) in [6, 6.07) is 10.3. The van der Waals surface area contributed by atoms with Crippen LogP contribution in [0.4, 0.5) is 5.82 Å². The van der Waals surface area contributed by atoms with E-state index in [4.69, 9.17) is 14.2 Å². The average Bonchev–Trinajstić information content (AvgIpc) is 3.30. The molecule has 0 fully saturated rings. The minimum atomic E-state index is -3.84. The number of hydrogen-bond donors (Lipinski definition) is 2. The smallest absolute Gasteiger partial charge is 0.244 e. The average molecular weight is 433 g/mol. The molecule has 0 radical (unpaired) electrons. The first-order valence-electron chi connectivity index (χ1n) is 8.99. The summed E-state index contributed by atoms with van der Waals surface area (Å²) >= 11 is 0. The van der Waals surface area contributed by atoms with Gasteiger partial charge in [-0.1, -0.05) is 0 Å². The second-order valence-corrected chi connectivity index (χ2v) is 7.76. The van der Waals surface area contributed by atoms with Crippen molar-refractivity contribution in [3.63, 3.8) is 0 Å². The van der Waals surface area contributed by atoms with Crippen molar-refractivity contribution in [1.82, 2.24) is 19.5 Å². The largest absolute Gasteiger partial charge is 0.493 e. The summed E-state index contributed by atoms with van der Waals surface area (Å²) in [5.41, 5.74) is 0. The van der Waals surface area contributed by atoms with E-state index in [-0.39, 0.29) is 22.9 Å². The number of anilines is 1. The first kappa shape index (κ1) is 21.4. The van der Waals surface area contributed by atoms with E-state index in [1.54, 1.807) is 6.07 Å². The predicted octanol–water partition coefficient (Wildman–Crippen LogP) is 1.68. The third-order valence-corrected chi connectivity index (χ3v) is 5.68. The van der Waals surface area contributed by atoms with Gasteiger partial charge in [0.25, 0.3) is 0 Å². The molecule has 11 heteroatoms. The molecule has 10 nitrogen and oxygen atoms in total. The lowest BCUT2D eigenvalue weighted by Crippen LogP contribution is -2.29. The zero-order valence-corrected chi connectivity index (χ0v) is 17.6. The SMILES string of the molecule is COc1ccc(S(=O)(=O)NCCNc2ccc(-n3cccc3)nn2)c(OC)c1OC. The van der Waals surface area contributed by atoms with Crippen molar-refractivity contribution in [2.24, 2.45) is 0 Å². The van der Waals surface area contributed by atoms with Crippen LogP contribution in [0.15, 0.2) is 53.7 Å².